The van der Waals surface area contributed by atoms with E-state index in [2.05, 4.69) is 21.2 Å². The highest BCUT2D eigenvalue weighted by Crippen LogP contribution is 2.21. The van der Waals surface area contributed by atoms with Gasteiger partial charge in [-0.2, -0.15) is 5.26 Å². The van der Waals surface area contributed by atoms with Gasteiger partial charge in [0.15, 0.2) is 0 Å². The summed E-state index contributed by atoms with van der Waals surface area (Å²) >= 11 is 3.24. The van der Waals surface area contributed by atoms with Crippen molar-refractivity contribution in [3.05, 3.63) is 57.8 Å². The van der Waals surface area contributed by atoms with Crippen LogP contribution in [0.25, 0.3) is 0 Å². The number of benzene rings is 2. The number of nitrogen functional groups attached to an aromatic ring is 1. The van der Waals surface area contributed by atoms with Crippen molar-refractivity contribution >= 4 is 33.2 Å². The van der Waals surface area contributed by atoms with Gasteiger partial charge in [0.2, 0.25) is 0 Å². The summed E-state index contributed by atoms with van der Waals surface area (Å²) in [7, 11) is 0. The Balaban J connectivity index is 2.26. The molecule has 0 spiro atoms. The monoisotopic (exact) mass is 333 g/mol. The number of rotatable bonds is 2. The molecule has 0 bridgehead atoms. The molecule has 20 heavy (non-hydrogen) atoms. The molecule has 2 aromatic rings. The van der Waals surface area contributed by atoms with Crippen LogP contribution in [0.5, 0.6) is 0 Å². The number of amides is 1. The van der Waals surface area contributed by atoms with Crippen LogP contribution in [0.15, 0.2) is 40.9 Å². The van der Waals surface area contributed by atoms with Gasteiger partial charge in [-0.1, -0.05) is 15.9 Å². The highest BCUT2D eigenvalue weighted by atomic mass is 79.9. The van der Waals surface area contributed by atoms with Gasteiger partial charge in [0.25, 0.3) is 5.91 Å². The maximum atomic E-state index is 13.7. The van der Waals surface area contributed by atoms with Crippen LogP contribution in [-0.4, -0.2) is 5.91 Å². The molecule has 4 nitrogen and oxygen atoms in total. The number of hydrogen-bond acceptors (Lipinski definition) is 3. The maximum Gasteiger partial charge on any atom is 0.257 e. The number of carbonyl (C=O) groups is 1. The average Bonchev–Trinajstić information content (AvgIpc) is 2.40. The van der Waals surface area contributed by atoms with Crippen LogP contribution >= 0.6 is 15.9 Å². The van der Waals surface area contributed by atoms with Gasteiger partial charge >= 0.3 is 0 Å². The second-order valence-corrected chi connectivity index (χ2v) is 4.91. The first kappa shape index (κ1) is 14.0. The van der Waals surface area contributed by atoms with E-state index in [1.54, 1.807) is 12.1 Å². The topological polar surface area (TPSA) is 78.9 Å². The summed E-state index contributed by atoms with van der Waals surface area (Å²) in [6.07, 6.45) is 0. The first-order valence-corrected chi connectivity index (χ1v) is 6.36. The SMILES string of the molecule is N#Cc1ccc(NC(=O)c2ccc(Br)cc2N)c(F)c1. The van der Waals surface area contributed by atoms with E-state index < -0.39 is 11.7 Å². The molecule has 1 amide bonds. The first-order valence-electron chi connectivity index (χ1n) is 5.57. The summed E-state index contributed by atoms with van der Waals surface area (Å²) in [5, 5.41) is 11.1. The first-order chi connectivity index (χ1) is 9.51. The normalized spacial score (nSPS) is 9.85. The lowest BCUT2D eigenvalue weighted by atomic mass is 10.1. The number of nitrogens with zero attached hydrogens (tertiary/aromatic N) is 1. The number of nitriles is 1. The van der Waals surface area contributed by atoms with E-state index in [9.17, 15) is 9.18 Å². The van der Waals surface area contributed by atoms with Crippen LogP contribution in [0.4, 0.5) is 15.8 Å². The smallest absolute Gasteiger partial charge is 0.257 e. The molecule has 0 aliphatic rings. The van der Waals surface area contributed by atoms with E-state index in [-0.39, 0.29) is 22.5 Å². The van der Waals surface area contributed by atoms with Crippen molar-refractivity contribution in [2.75, 3.05) is 11.1 Å². The van der Waals surface area contributed by atoms with E-state index in [1.807, 2.05) is 6.07 Å². The highest BCUT2D eigenvalue weighted by molar-refractivity contribution is 9.10. The Morgan fingerprint density at radius 3 is 2.65 bits per heavy atom. The predicted octanol–water partition coefficient (Wildman–Crippen LogP) is 3.29. The van der Waals surface area contributed by atoms with Crippen LogP contribution in [0.1, 0.15) is 15.9 Å². The van der Waals surface area contributed by atoms with Gasteiger partial charge in [-0.05, 0) is 36.4 Å². The van der Waals surface area contributed by atoms with Crippen LogP contribution in [0.2, 0.25) is 0 Å². The molecule has 0 fully saturated rings. The number of anilines is 2. The van der Waals surface area contributed by atoms with Crippen LogP contribution in [-0.2, 0) is 0 Å². The van der Waals surface area contributed by atoms with Gasteiger partial charge < -0.3 is 11.1 Å². The molecule has 6 heteroatoms. The molecule has 2 aromatic carbocycles. The van der Waals surface area contributed by atoms with Gasteiger partial charge in [0.05, 0.1) is 22.9 Å². The molecule has 2 rings (SSSR count). The third-order valence-electron chi connectivity index (χ3n) is 2.60. The van der Waals surface area contributed by atoms with E-state index in [1.165, 1.54) is 18.2 Å². The lowest BCUT2D eigenvalue weighted by molar-refractivity contribution is 0.102. The minimum Gasteiger partial charge on any atom is -0.398 e. The van der Waals surface area contributed by atoms with Crippen LogP contribution < -0.4 is 11.1 Å². The summed E-state index contributed by atoms with van der Waals surface area (Å²) < 4.78 is 14.4. The quantitative estimate of drug-likeness (QED) is 0.827. The minimum absolute atomic E-state index is 0.00341. The van der Waals surface area contributed by atoms with Crippen molar-refractivity contribution in [3.8, 4) is 6.07 Å². The van der Waals surface area contributed by atoms with E-state index in [0.717, 1.165) is 10.5 Å². The molecule has 0 atom stereocenters. The molecule has 100 valence electrons. The van der Waals surface area contributed by atoms with E-state index in [0.29, 0.717) is 0 Å². The molecule has 0 radical (unpaired) electrons. The standard InChI is InChI=1S/C14H9BrFN3O/c15-9-2-3-10(12(18)6-9)14(20)19-13-4-1-8(7-17)5-11(13)16/h1-6H,18H2,(H,19,20). The maximum absolute atomic E-state index is 13.7. The van der Waals surface area contributed by atoms with Gasteiger partial charge in [0, 0.05) is 10.2 Å². The fraction of sp³-hybridized carbons (Fsp3) is 0. The lowest BCUT2D eigenvalue weighted by Crippen LogP contribution is -2.15. The molecule has 0 saturated heterocycles. The zero-order chi connectivity index (χ0) is 14.7. The third-order valence-corrected chi connectivity index (χ3v) is 3.10. The Labute approximate surface area is 123 Å². The largest absolute Gasteiger partial charge is 0.398 e. The van der Waals surface area contributed by atoms with Crippen molar-refractivity contribution in [2.45, 2.75) is 0 Å². The van der Waals surface area contributed by atoms with E-state index in [4.69, 9.17) is 11.0 Å². The molecule has 0 aromatic heterocycles. The average molecular weight is 334 g/mol. The Morgan fingerprint density at radius 2 is 2.05 bits per heavy atom. The number of hydrogen-bond donors (Lipinski definition) is 2. The fourth-order valence-electron chi connectivity index (χ4n) is 1.62. The molecule has 0 saturated carbocycles. The molecule has 3 N–H and O–H groups in total. The Kier molecular flexibility index (Phi) is 4.01. The Morgan fingerprint density at radius 1 is 1.30 bits per heavy atom. The molecular weight excluding hydrogens is 325 g/mol. The Hall–Kier alpha value is -2.39. The highest BCUT2D eigenvalue weighted by Gasteiger charge is 2.12. The number of nitrogens with one attached hydrogen (secondary N) is 1. The fourth-order valence-corrected chi connectivity index (χ4v) is 1.99. The zero-order valence-electron chi connectivity index (χ0n) is 10.2. The zero-order valence-corrected chi connectivity index (χ0v) is 11.7. The number of nitrogens with two attached hydrogens (primary N) is 1. The summed E-state index contributed by atoms with van der Waals surface area (Å²) in [4.78, 5) is 12.0. The van der Waals surface area contributed by atoms with Gasteiger partial charge in [-0.15, -0.1) is 0 Å². The second kappa shape index (κ2) is 5.72. The molecule has 0 heterocycles. The summed E-state index contributed by atoms with van der Waals surface area (Å²) in [5.74, 6) is -1.19. The van der Waals surface area contributed by atoms with Crippen molar-refractivity contribution < 1.29 is 9.18 Å². The predicted molar refractivity (Wildman–Crippen MR) is 77.6 cm³/mol. The van der Waals surface area contributed by atoms with Gasteiger partial charge in [-0.3, -0.25) is 4.79 Å². The number of halogens is 2. The minimum atomic E-state index is -0.673. The van der Waals surface area contributed by atoms with Crippen molar-refractivity contribution in [1.29, 1.82) is 5.26 Å². The van der Waals surface area contributed by atoms with Gasteiger partial charge in [-0.25, -0.2) is 4.39 Å². The van der Waals surface area contributed by atoms with Crippen LogP contribution in [0, 0.1) is 17.1 Å². The summed E-state index contributed by atoms with van der Waals surface area (Å²) in [5.41, 5.74) is 6.44. The van der Waals surface area contributed by atoms with Gasteiger partial charge in [0.1, 0.15) is 5.82 Å². The van der Waals surface area contributed by atoms with Crippen molar-refractivity contribution in [2.24, 2.45) is 0 Å². The van der Waals surface area contributed by atoms with Crippen molar-refractivity contribution in [1.82, 2.24) is 0 Å². The molecule has 0 aliphatic carbocycles. The second-order valence-electron chi connectivity index (χ2n) is 3.99. The molecule has 0 aliphatic heterocycles. The molecular formula is C14H9BrFN3O. The Bertz CT molecular complexity index is 725. The summed E-state index contributed by atoms with van der Waals surface area (Å²) in [6.45, 7) is 0. The molecule has 0 unspecified atom stereocenters. The lowest BCUT2D eigenvalue weighted by Gasteiger charge is -2.08. The van der Waals surface area contributed by atoms with Crippen molar-refractivity contribution in [3.63, 3.8) is 0 Å². The third kappa shape index (κ3) is 2.95. The summed E-state index contributed by atoms with van der Waals surface area (Å²) in [6, 6.07) is 10.4. The number of carbonyl (C=O) groups excluding carboxylic acids is 1. The van der Waals surface area contributed by atoms with E-state index >= 15 is 0 Å². The van der Waals surface area contributed by atoms with Crippen LogP contribution in [0.3, 0.4) is 0 Å².